The molecule has 0 aromatic heterocycles. The van der Waals surface area contributed by atoms with Crippen molar-refractivity contribution < 1.29 is 28.9 Å². The summed E-state index contributed by atoms with van der Waals surface area (Å²) in [7, 11) is 2.99. The quantitative estimate of drug-likeness (QED) is 0.464. The zero-order valence-corrected chi connectivity index (χ0v) is 19.0. The Hall–Kier alpha value is -3.71. The monoisotopic (exact) mass is 469 g/mol. The molecular weight excluding hydrogens is 446 g/mol. The van der Waals surface area contributed by atoms with Crippen molar-refractivity contribution in [2.45, 2.75) is 13.1 Å². The van der Waals surface area contributed by atoms with Crippen LogP contribution in [0.2, 0.25) is 5.02 Å². The number of aromatic carboxylic acids is 1. The molecule has 0 heterocycles. The van der Waals surface area contributed by atoms with Crippen LogP contribution >= 0.6 is 11.6 Å². The van der Waals surface area contributed by atoms with E-state index in [9.17, 15) is 14.7 Å². The molecule has 0 radical (unpaired) electrons. The Morgan fingerprint density at radius 3 is 2.27 bits per heavy atom. The number of halogens is 1. The Morgan fingerprint density at radius 2 is 1.64 bits per heavy atom. The molecule has 0 aliphatic rings. The fourth-order valence-electron chi connectivity index (χ4n) is 3.23. The van der Waals surface area contributed by atoms with E-state index < -0.39 is 5.97 Å². The Kier molecular flexibility index (Phi) is 8.16. The minimum Gasteiger partial charge on any atom is -0.497 e. The van der Waals surface area contributed by atoms with Crippen LogP contribution in [0.15, 0.2) is 66.7 Å². The van der Waals surface area contributed by atoms with E-state index >= 15 is 0 Å². The fourth-order valence-corrected chi connectivity index (χ4v) is 3.43. The van der Waals surface area contributed by atoms with Gasteiger partial charge in [-0.1, -0.05) is 48.0 Å². The maximum atomic E-state index is 13.2. The minimum atomic E-state index is -1.18. The first-order valence-corrected chi connectivity index (χ1v) is 10.5. The summed E-state index contributed by atoms with van der Waals surface area (Å²) < 4.78 is 16.1. The molecule has 0 spiro atoms. The number of benzene rings is 3. The standard InChI is InChI=1S/C25H24ClNO6/c1-31-19-12-10-17(11-13-19)14-27(15-18-6-3-4-8-21(18)26)23(28)16-33-24-20(25(29)30)7-5-9-22(24)32-2/h3-13H,14-16H2,1-2H3,(H,29,30). The van der Waals surface area contributed by atoms with E-state index in [-0.39, 0.29) is 36.1 Å². The van der Waals surface area contributed by atoms with Crippen molar-refractivity contribution in [1.82, 2.24) is 4.90 Å². The number of carbonyl (C=O) groups excluding carboxylic acids is 1. The van der Waals surface area contributed by atoms with E-state index in [1.165, 1.54) is 13.2 Å². The van der Waals surface area contributed by atoms with Crippen LogP contribution in [-0.4, -0.2) is 42.7 Å². The van der Waals surface area contributed by atoms with Crippen LogP contribution in [0.5, 0.6) is 17.2 Å². The first-order chi connectivity index (χ1) is 15.9. The number of ether oxygens (including phenoxy) is 3. The number of hydrogen-bond donors (Lipinski definition) is 1. The van der Waals surface area contributed by atoms with Crippen molar-refractivity contribution in [2.75, 3.05) is 20.8 Å². The van der Waals surface area contributed by atoms with Gasteiger partial charge >= 0.3 is 5.97 Å². The second-order valence-corrected chi connectivity index (χ2v) is 7.53. The number of carboxylic acid groups (broad SMARTS) is 1. The second kappa shape index (κ2) is 11.2. The number of nitrogens with zero attached hydrogens (tertiary/aromatic N) is 1. The largest absolute Gasteiger partial charge is 0.497 e. The summed E-state index contributed by atoms with van der Waals surface area (Å²) in [6, 6.07) is 19.2. The summed E-state index contributed by atoms with van der Waals surface area (Å²) in [6.07, 6.45) is 0. The average molecular weight is 470 g/mol. The van der Waals surface area contributed by atoms with Crippen molar-refractivity contribution in [2.24, 2.45) is 0 Å². The number of amides is 1. The second-order valence-electron chi connectivity index (χ2n) is 7.12. The van der Waals surface area contributed by atoms with Crippen LogP contribution in [0.25, 0.3) is 0 Å². The third-order valence-corrected chi connectivity index (χ3v) is 5.34. The number of methoxy groups -OCH3 is 2. The lowest BCUT2D eigenvalue weighted by Gasteiger charge is -2.24. The smallest absolute Gasteiger partial charge is 0.339 e. The Morgan fingerprint density at radius 1 is 0.909 bits per heavy atom. The molecule has 3 aromatic rings. The fraction of sp³-hybridized carbons (Fsp3) is 0.200. The summed E-state index contributed by atoms with van der Waals surface area (Å²) in [5, 5.41) is 10.0. The highest BCUT2D eigenvalue weighted by Crippen LogP contribution is 2.31. The molecule has 172 valence electrons. The molecule has 0 aliphatic carbocycles. The first kappa shape index (κ1) is 23.9. The van der Waals surface area contributed by atoms with Crippen molar-refractivity contribution in [3.8, 4) is 17.2 Å². The van der Waals surface area contributed by atoms with Gasteiger partial charge in [0.25, 0.3) is 5.91 Å². The summed E-state index contributed by atoms with van der Waals surface area (Å²) in [4.78, 5) is 26.4. The molecule has 1 N–H and O–H groups in total. The molecule has 0 saturated heterocycles. The van der Waals surface area contributed by atoms with Gasteiger partial charge in [0.1, 0.15) is 11.3 Å². The topological polar surface area (TPSA) is 85.3 Å². The van der Waals surface area contributed by atoms with Gasteiger partial charge in [-0.25, -0.2) is 4.79 Å². The molecule has 0 bridgehead atoms. The lowest BCUT2D eigenvalue weighted by molar-refractivity contribution is -0.134. The molecule has 3 rings (SSSR count). The van der Waals surface area contributed by atoms with Crippen LogP contribution < -0.4 is 14.2 Å². The van der Waals surface area contributed by atoms with Gasteiger partial charge in [-0.3, -0.25) is 4.79 Å². The highest BCUT2D eigenvalue weighted by molar-refractivity contribution is 6.31. The molecule has 0 saturated carbocycles. The van der Waals surface area contributed by atoms with Gasteiger partial charge in [-0.15, -0.1) is 0 Å². The number of rotatable bonds is 10. The zero-order valence-electron chi connectivity index (χ0n) is 18.3. The molecule has 0 atom stereocenters. The molecule has 3 aromatic carbocycles. The Balaban J connectivity index is 1.83. The molecule has 1 amide bonds. The van der Waals surface area contributed by atoms with E-state index in [0.717, 1.165) is 11.1 Å². The van der Waals surface area contributed by atoms with Gasteiger partial charge in [0.2, 0.25) is 0 Å². The van der Waals surface area contributed by atoms with Gasteiger partial charge in [0.05, 0.1) is 14.2 Å². The summed E-state index contributed by atoms with van der Waals surface area (Å²) >= 11 is 6.32. The van der Waals surface area contributed by atoms with Crippen molar-refractivity contribution in [3.63, 3.8) is 0 Å². The Labute approximate surface area is 197 Å². The van der Waals surface area contributed by atoms with E-state index in [1.807, 2.05) is 42.5 Å². The third kappa shape index (κ3) is 6.17. The molecule has 8 heteroatoms. The number of hydrogen-bond acceptors (Lipinski definition) is 5. The van der Waals surface area contributed by atoms with Gasteiger partial charge in [0.15, 0.2) is 18.1 Å². The lowest BCUT2D eigenvalue weighted by Crippen LogP contribution is -2.34. The zero-order chi connectivity index (χ0) is 23.8. The van der Waals surface area contributed by atoms with E-state index in [0.29, 0.717) is 17.3 Å². The summed E-state index contributed by atoms with van der Waals surface area (Å²) in [5.74, 6) is -0.572. The number of carboxylic acids is 1. The van der Waals surface area contributed by atoms with Crippen LogP contribution in [0.1, 0.15) is 21.5 Å². The van der Waals surface area contributed by atoms with Crippen LogP contribution in [0.4, 0.5) is 0 Å². The minimum absolute atomic E-state index is 0.00277. The van der Waals surface area contributed by atoms with Crippen LogP contribution in [0.3, 0.4) is 0 Å². The van der Waals surface area contributed by atoms with Gasteiger partial charge < -0.3 is 24.2 Å². The predicted molar refractivity (Wildman–Crippen MR) is 124 cm³/mol. The number of para-hydroxylation sites is 1. The van der Waals surface area contributed by atoms with Crippen molar-refractivity contribution in [1.29, 1.82) is 0 Å². The third-order valence-electron chi connectivity index (χ3n) is 4.97. The molecule has 0 aliphatic heterocycles. The van der Waals surface area contributed by atoms with Crippen molar-refractivity contribution >= 4 is 23.5 Å². The predicted octanol–water partition coefficient (Wildman–Crippen LogP) is 4.66. The Bertz CT molecular complexity index is 1120. The SMILES string of the molecule is COc1ccc(CN(Cc2ccccc2Cl)C(=O)COc2c(OC)cccc2C(=O)O)cc1. The first-order valence-electron chi connectivity index (χ1n) is 10.1. The van der Waals surface area contributed by atoms with Crippen LogP contribution in [0, 0.1) is 0 Å². The molecule has 0 unspecified atom stereocenters. The summed E-state index contributed by atoms with van der Waals surface area (Å²) in [6.45, 7) is 0.183. The lowest BCUT2D eigenvalue weighted by atomic mass is 10.1. The highest BCUT2D eigenvalue weighted by atomic mass is 35.5. The molecular formula is C25H24ClNO6. The maximum Gasteiger partial charge on any atom is 0.339 e. The van der Waals surface area contributed by atoms with Gasteiger partial charge in [0, 0.05) is 18.1 Å². The molecule has 0 fully saturated rings. The summed E-state index contributed by atoms with van der Waals surface area (Å²) in [5.41, 5.74) is 1.58. The maximum absolute atomic E-state index is 13.2. The normalized spacial score (nSPS) is 10.4. The van der Waals surface area contributed by atoms with Crippen molar-refractivity contribution in [3.05, 3.63) is 88.4 Å². The highest BCUT2D eigenvalue weighted by Gasteiger charge is 2.21. The molecule has 7 nitrogen and oxygen atoms in total. The number of carbonyl (C=O) groups is 2. The van der Waals surface area contributed by atoms with E-state index in [2.05, 4.69) is 0 Å². The van der Waals surface area contributed by atoms with E-state index in [1.54, 1.807) is 30.2 Å². The molecule has 33 heavy (non-hydrogen) atoms. The van der Waals surface area contributed by atoms with Gasteiger partial charge in [-0.2, -0.15) is 0 Å². The average Bonchev–Trinajstić information content (AvgIpc) is 2.83. The van der Waals surface area contributed by atoms with E-state index in [4.69, 9.17) is 25.8 Å². The van der Waals surface area contributed by atoms with Gasteiger partial charge in [-0.05, 0) is 41.5 Å². The van der Waals surface area contributed by atoms with Crippen LogP contribution in [-0.2, 0) is 17.9 Å².